The molecule has 1 aromatic carbocycles. The molecule has 0 heterocycles. The number of aryl methyl sites for hydroxylation is 1. The van der Waals surface area contributed by atoms with Crippen molar-refractivity contribution in [2.75, 3.05) is 0 Å². The van der Waals surface area contributed by atoms with Crippen LogP contribution in [0.15, 0.2) is 22.7 Å². The molecular weight excluding hydrogens is 240 g/mol. The zero-order chi connectivity index (χ0) is 10.6. The summed E-state index contributed by atoms with van der Waals surface area (Å²) in [6, 6.07) is 5.65. The van der Waals surface area contributed by atoms with Gasteiger partial charge in [-0.2, -0.15) is 0 Å². The Hall–Kier alpha value is -1.07. The van der Waals surface area contributed by atoms with Crippen LogP contribution in [0.4, 0.5) is 0 Å². The summed E-state index contributed by atoms with van der Waals surface area (Å²) in [6.45, 7) is 1.96. The molecule has 0 saturated heterocycles. The third-order valence-corrected chi connectivity index (χ3v) is 3.04. The summed E-state index contributed by atoms with van der Waals surface area (Å²) in [5, 5.41) is 0. The molecule has 0 unspecified atom stereocenters. The fourth-order valence-corrected chi connectivity index (χ4v) is 1.67. The molecule has 0 N–H and O–H groups in total. The van der Waals surface area contributed by atoms with Crippen LogP contribution < -0.4 is 0 Å². The molecule has 0 amide bonds. The molecule has 0 aromatic heterocycles. The first-order chi connectivity index (χ1) is 6.66. The summed E-state index contributed by atoms with van der Waals surface area (Å²) < 4.78 is 0.877. The molecule has 1 rings (SSSR count). The number of halogens is 1. The smallest absolute Gasteiger partial charge is 0.164 e. The molecule has 72 valence electrons. The van der Waals surface area contributed by atoms with Crippen molar-refractivity contribution in [1.82, 2.24) is 0 Å². The third kappa shape index (κ3) is 2.46. The minimum atomic E-state index is 0.0959. The minimum Gasteiger partial charge on any atom is -0.294 e. The highest BCUT2D eigenvalue weighted by Gasteiger charge is 2.09. The number of carbonyl (C=O) groups excluding carboxylic acids is 1. The Bertz CT molecular complexity index is 388. The molecule has 0 aliphatic heterocycles. The highest BCUT2D eigenvalue weighted by Crippen LogP contribution is 2.22. The van der Waals surface area contributed by atoms with Crippen molar-refractivity contribution in [3.63, 3.8) is 0 Å². The second kappa shape index (κ2) is 4.97. The second-order valence-electron chi connectivity index (χ2n) is 3.06. The number of carbonyl (C=O) groups is 1. The van der Waals surface area contributed by atoms with Crippen molar-refractivity contribution in [1.29, 1.82) is 0 Å². The van der Waals surface area contributed by atoms with Crippen molar-refractivity contribution >= 4 is 21.7 Å². The number of terminal acetylenes is 1. The van der Waals surface area contributed by atoms with Crippen LogP contribution in [-0.4, -0.2) is 5.78 Å². The summed E-state index contributed by atoms with van der Waals surface area (Å²) >= 11 is 3.40. The third-order valence-electron chi connectivity index (χ3n) is 1.99. The fourth-order valence-electron chi connectivity index (χ4n) is 1.18. The molecule has 2 heteroatoms. The van der Waals surface area contributed by atoms with Crippen LogP contribution in [0.5, 0.6) is 0 Å². The van der Waals surface area contributed by atoms with E-state index < -0.39 is 0 Å². The van der Waals surface area contributed by atoms with Gasteiger partial charge in [0.25, 0.3) is 0 Å². The molecule has 0 saturated carbocycles. The van der Waals surface area contributed by atoms with E-state index in [1.807, 2.05) is 25.1 Å². The van der Waals surface area contributed by atoms with Crippen molar-refractivity contribution in [2.45, 2.75) is 19.8 Å². The van der Waals surface area contributed by atoms with Gasteiger partial charge in [-0.25, -0.2) is 0 Å². The lowest BCUT2D eigenvalue weighted by Gasteiger charge is -2.04. The maximum absolute atomic E-state index is 11.7. The fraction of sp³-hybridized carbons (Fsp3) is 0.250. The van der Waals surface area contributed by atoms with Crippen LogP contribution >= 0.6 is 15.9 Å². The van der Waals surface area contributed by atoms with Crippen molar-refractivity contribution in [2.24, 2.45) is 0 Å². The van der Waals surface area contributed by atoms with Gasteiger partial charge < -0.3 is 0 Å². The molecule has 0 fully saturated rings. The molecule has 1 aromatic rings. The van der Waals surface area contributed by atoms with Crippen molar-refractivity contribution < 1.29 is 4.79 Å². The first-order valence-electron chi connectivity index (χ1n) is 4.38. The Kier molecular flexibility index (Phi) is 3.91. The molecule has 14 heavy (non-hydrogen) atoms. The normalized spacial score (nSPS) is 9.50. The molecule has 0 spiro atoms. The van der Waals surface area contributed by atoms with E-state index in [0.29, 0.717) is 12.8 Å². The summed E-state index contributed by atoms with van der Waals surface area (Å²) in [7, 11) is 0. The summed E-state index contributed by atoms with van der Waals surface area (Å²) in [4.78, 5) is 11.7. The number of hydrogen-bond donors (Lipinski definition) is 0. The highest BCUT2D eigenvalue weighted by molar-refractivity contribution is 9.10. The van der Waals surface area contributed by atoms with Gasteiger partial charge in [0, 0.05) is 22.9 Å². The first-order valence-corrected chi connectivity index (χ1v) is 5.18. The molecule has 0 bridgehead atoms. The van der Waals surface area contributed by atoms with Crippen molar-refractivity contribution in [3.8, 4) is 12.3 Å². The minimum absolute atomic E-state index is 0.0959. The molecular formula is C12H11BrO. The Labute approximate surface area is 92.6 Å². The Morgan fingerprint density at radius 3 is 2.93 bits per heavy atom. The lowest BCUT2D eigenvalue weighted by Crippen LogP contribution is -2.00. The van der Waals surface area contributed by atoms with Gasteiger partial charge in [-0.3, -0.25) is 4.79 Å². The van der Waals surface area contributed by atoms with E-state index in [0.717, 1.165) is 15.6 Å². The van der Waals surface area contributed by atoms with Crippen LogP contribution in [0.1, 0.15) is 28.8 Å². The zero-order valence-corrected chi connectivity index (χ0v) is 9.60. The van der Waals surface area contributed by atoms with E-state index in [-0.39, 0.29) is 5.78 Å². The Morgan fingerprint density at radius 1 is 1.57 bits per heavy atom. The van der Waals surface area contributed by atoms with E-state index >= 15 is 0 Å². The number of Topliss-reactive ketones (excluding diaryl/α,β-unsaturated/α-hetero) is 1. The lowest BCUT2D eigenvalue weighted by atomic mass is 10.0. The average Bonchev–Trinajstić information content (AvgIpc) is 2.18. The molecule has 0 aliphatic rings. The molecule has 0 atom stereocenters. The van der Waals surface area contributed by atoms with Crippen molar-refractivity contribution in [3.05, 3.63) is 33.8 Å². The van der Waals surface area contributed by atoms with Crippen LogP contribution in [0.2, 0.25) is 0 Å². The van der Waals surface area contributed by atoms with E-state index in [2.05, 4.69) is 21.9 Å². The second-order valence-corrected chi connectivity index (χ2v) is 3.86. The summed E-state index contributed by atoms with van der Waals surface area (Å²) in [5.74, 6) is 2.56. The monoisotopic (exact) mass is 250 g/mol. The standard InChI is InChI=1S/C12H11BrO/c1-3-4-8-11(14)10-7-5-6-9(2)12(10)13/h1,5-7H,4,8H2,2H3. The predicted molar refractivity (Wildman–Crippen MR) is 61.3 cm³/mol. The van der Waals surface area contributed by atoms with Gasteiger partial charge in [-0.15, -0.1) is 12.3 Å². The molecule has 0 aliphatic carbocycles. The van der Waals surface area contributed by atoms with Gasteiger partial charge >= 0.3 is 0 Å². The number of rotatable bonds is 3. The van der Waals surface area contributed by atoms with Gasteiger partial charge in [0.05, 0.1) is 0 Å². The van der Waals surface area contributed by atoms with Crippen LogP contribution in [-0.2, 0) is 0 Å². The van der Waals surface area contributed by atoms with Gasteiger partial charge in [-0.05, 0) is 28.4 Å². The van der Waals surface area contributed by atoms with E-state index in [9.17, 15) is 4.79 Å². The number of hydrogen-bond acceptors (Lipinski definition) is 1. The highest BCUT2D eigenvalue weighted by atomic mass is 79.9. The zero-order valence-electron chi connectivity index (χ0n) is 8.01. The molecule has 0 radical (unpaired) electrons. The van der Waals surface area contributed by atoms with Gasteiger partial charge in [-0.1, -0.05) is 18.2 Å². The lowest BCUT2D eigenvalue weighted by molar-refractivity contribution is 0.0983. The van der Waals surface area contributed by atoms with Gasteiger partial charge in [0.2, 0.25) is 0 Å². The maximum Gasteiger partial charge on any atom is 0.164 e. The van der Waals surface area contributed by atoms with E-state index in [1.54, 1.807) is 0 Å². The maximum atomic E-state index is 11.7. The predicted octanol–water partition coefficient (Wildman–Crippen LogP) is 3.35. The largest absolute Gasteiger partial charge is 0.294 e. The van der Waals surface area contributed by atoms with E-state index in [4.69, 9.17) is 6.42 Å². The van der Waals surface area contributed by atoms with Gasteiger partial charge in [0.1, 0.15) is 0 Å². The average molecular weight is 251 g/mol. The Morgan fingerprint density at radius 2 is 2.29 bits per heavy atom. The molecule has 1 nitrogen and oxygen atoms in total. The SMILES string of the molecule is C#CCCC(=O)c1cccc(C)c1Br. The van der Waals surface area contributed by atoms with Gasteiger partial charge in [0.15, 0.2) is 5.78 Å². The topological polar surface area (TPSA) is 17.1 Å². The van der Waals surface area contributed by atoms with E-state index in [1.165, 1.54) is 0 Å². The summed E-state index contributed by atoms with van der Waals surface area (Å²) in [6.07, 6.45) is 6.02. The van der Waals surface area contributed by atoms with Crippen LogP contribution in [0.3, 0.4) is 0 Å². The van der Waals surface area contributed by atoms with Crippen LogP contribution in [0.25, 0.3) is 0 Å². The number of ketones is 1. The Balaban J connectivity index is 2.91. The first kappa shape index (κ1) is 11.0. The number of benzene rings is 1. The van der Waals surface area contributed by atoms with Crippen LogP contribution in [0, 0.1) is 19.3 Å². The quantitative estimate of drug-likeness (QED) is 0.594. The summed E-state index contributed by atoms with van der Waals surface area (Å²) in [5.41, 5.74) is 1.79.